The van der Waals surface area contributed by atoms with Crippen LogP contribution in [0.1, 0.15) is 12.8 Å². The quantitative estimate of drug-likeness (QED) is 0.715. The molecule has 1 aromatic rings. The van der Waals surface area contributed by atoms with Crippen molar-refractivity contribution in [3.63, 3.8) is 0 Å². The smallest absolute Gasteiger partial charge is 0.284 e. The molecule has 0 saturated heterocycles. The molecule has 1 aromatic heterocycles. The van der Waals surface area contributed by atoms with Gasteiger partial charge in [0.05, 0.1) is 5.75 Å². The van der Waals surface area contributed by atoms with Crippen molar-refractivity contribution in [1.82, 2.24) is 10.2 Å². The Bertz CT molecular complexity index is 242. The number of nitrogens with one attached hydrogen (secondary N) is 1. The molecule has 0 spiro atoms. The molecule has 3 nitrogen and oxygen atoms in total. The first-order valence-corrected chi connectivity index (χ1v) is 4.51. The van der Waals surface area contributed by atoms with Gasteiger partial charge in [0.15, 0.2) is 0 Å². The average molecular weight is 176 g/mol. The van der Waals surface area contributed by atoms with Crippen LogP contribution in [0, 0.1) is 4.84 Å². The molecule has 56 valence electrons. The Hall–Kier alpha value is -0.290. The lowest BCUT2D eigenvalue weighted by atomic mass is 10.8. The number of aromatic nitrogens is 2. The lowest BCUT2D eigenvalue weighted by Crippen LogP contribution is -1.79. The third-order valence-corrected chi connectivity index (χ3v) is 1.95. The van der Waals surface area contributed by atoms with Crippen molar-refractivity contribution in [2.24, 2.45) is 0 Å². The summed E-state index contributed by atoms with van der Waals surface area (Å²) >= 11 is 6.44. The van der Waals surface area contributed by atoms with E-state index in [2.05, 4.69) is 29.3 Å². The molecule has 0 fully saturated rings. The van der Waals surface area contributed by atoms with Gasteiger partial charge in [-0.2, -0.15) is 11.8 Å². The molecule has 0 saturated carbocycles. The first kappa shape index (κ1) is 7.81. The van der Waals surface area contributed by atoms with E-state index in [0.29, 0.717) is 10.7 Å². The molecule has 0 unspecified atom stereocenters. The summed E-state index contributed by atoms with van der Waals surface area (Å²) in [5.74, 6) is 2.54. The first-order chi connectivity index (χ1) is 4.83. The maximum Gasteiger partial charge on any atom is 0.284 e. The molecule has 1 rings (SSSR count). The van der Waals surface area contributed by atoms with Crippen LogP contribution in [0.4, 0.5) is 0 Å². The standard InChI is InChI=1S/C5H8N2OS2/c1-2-10-3-4-6-7-5(9)8-4/h2-3H2,1H3,(H,7,9). The van der Waals surface area contributed by atoms with Crippen molar-refractivity contribution in [3.8, 4) is 0 Å². The molecule has 0 aliphatic rings. The Morgan fingerprint density at radius 1 is 1.80 bits per heavy atom. The van der Waals surface area contributed by atoms with Gasteiger partial charge in [0, 0.05) is 0 Å². The summed E-state index contributed by atoms with van der Waals surface area (Å²) in [5.41, 5.74) is 0. The summed E-state index contributed by atoms with van der Waals surface area (Å²) in [5, 5.41) is 6.40. The summed E-state index contributed by atoms with van der Waals surface area (Å²) in [4.78, 5) is 0.353. The minimum atomic E-state index is 0.353. The number of nitrogens with zero attached hydrogens (tertiary/aromatic N) is 1. The lowest BCUT2D eigenvalue weighted by molar-refractivity contribution is 0.500. The molecular weight excluding hydrogens is 168 g/mol. The van der Waals surface area contributed by atoms with E-state index >= 15 is 0 Å². The van der Waals surface area contributed by atoms with Crippen LogP contribution in [0.5, 0.6) is 0 Å². The van der Waals surface area contributed by atoms with E-state index < -0.39 is 0 Å². The summed E-state index contributed by atoms with van der Waals surface area (Å²) in [7, 11) is 0. The van der Waals surface area contributed by atoms with Gasteiger partial charge in [-0.1, -0.05) is 6.92 Å². The summed E-state index contributed by atoms with van der Waals surface area (Å²) in [6, 6.07) is 0. The van der Waals surface area contributed by atoms with Gasteiger partial charge in [0.2, 0.25) is 5.89 Å². The Balaban J connectivity index is 2.50. The average Bonchev–Trinajstić information content (AvgIpc) is 2.31. The van der Waals surface area contributed by atoms with Crippen molar-refractivity contribution in [2.45, 2.75) is 12.7 Å². The fourth-order valence-corrected chi connectivity index (χ4v) is 1.16. The Labute approximate surface area is 68.2 Å². The fraction of sp³-hybridized carbons (Fsp3) is 0.600. The van der Waals surface area contributed by atoms with Crippen molar-refractivity contribution in [3.05, 3.63) is 10.7 Å². The van der Waals surface area contributed by atoms with Gasteiger partial charge >= 0.3 is 0 Å². The van der Waals surface area contributed by atoms with E-state index in [1.54, 1.807) is 11.8 Å². The second-order valence-electron chi connectivity index (χ2n) is 1.64. The Kier molecular flexibility index (Phi) is 2.95. The molecule has 0 atom stereocenters. The van der Waals surface area contributed by atoms with Crippen LogP contribution in [0.3, 0.4) is 0 Å². The molecular formula is C5H8N2OS2. The van der Waals surface area contributed by atoms with Crippen molar-refractivity contribution in [2.75, 3.05) is 5.75 Å². The predicted molar refractivity (Wildman–Crippen MR) is 43.5 cm³/mol. The number of rotatable bonds is 3. The third kappa shape index (κ3) is 2.15. The summed E-state index contributed by atoms with van der Waals surface area (Å²) in [6.45, 7) is 2.09. The Morgan fingerprint density at radius 3 is 3.10 bits per heavy atom. The van der Waals surface area contributed by atoms with Gasteiger partial charge in [-0.25, -0.2) is 5.10 Å². The third-order valence-electron chi connectivity index (χ3n) is 0.912. The number of thioether (sulfide) groups is 1. The second-order valence-corrected chi connectivity index (χ2v) is 3.29. The minimum Gasteiger partial charge on any atom is -0.413 e. The molecule has 5 heteroatoms. The zero-order chi connectivity index (χ0) is 7.40. The molecule has 0 aliphatic heterocycles. The van der Waals surface area contributed by atoms with E-state index in [9.17, 15) is 0 Å². The molecule has 0 bridgehead atoms. The summed E-state index contributed by atoms with van der Waals surface area (Å²) < 4.78 is 5.01. The van der Waals surface area contributed by atoms with Crippen molar-refractivity contribution >= 4 is 24.0 Å². The molecule has 0 aromatic carbocycles. The maximum absolute atomic E-state index is 5.01. The second kappa shape index (κ2) is 3.78. The molecule has 0 radical (unpaired) electrons. The van der Waals surface area contributed by atoms with Crippen LogP contribution < -0.4 is 0 Å². The van der Waals surface area contributed by atoms with E-state index in [1.807, 2.05) is 0 Å². The van der Waals surface area contributed by atoms with Gasteiger partial charge in [0.1, 0.15) is 0 Å². The predicted octanol–water partition coefficient (Wildman–Crippen LogP) is 1.99. The minimum absolute atomic E-state index is 0.353. The van der Waals surface area contributed by atoms with Gasteiger partial charge < -0.3 is 4.42 Å². The number of hydrogen-bond acceptors (Lipinski definition) is 4. The molecule has 1 N–H and O–H groups in total. The molecule has 10 heavy (non-hydrogen) atoms. The van der Waals surface area contributed by atoms with Crippen molar-refractivity contribution in [1.29, 1.82) is 0 Å². The van der Waals surface area contributed by atoms with E-state index in [-0.39, 0.29) is 0 Å². The maximum atomic E-state index is 5.01. The largest absolute Gasteiger partial charge is 0.413 e. The number of aromatic amines is 1. The molecule has 1 heterocycles. The van der Waals surface area contributed by atoms with E-state index in [1.165, 1.54) is 0 Å². The summed E-state index contributed by atoms with van der Waals surface area (Å²) in [6.07, 6.45) is 0. The normalized spacial score (nSPS) is 10.1. The lowest BCUT2D eigenvalue weighted by Gasteiger charge is -1.88. The highest BCUT2D eigenvalue weighted by atomic mass is 32.2. The van der Waals surface area contributed by atoms with Crippen LogP contribution in [0.2, 0.25) is 0 Å². The highest BCUT2D eigenvalue weighted by Crippen LogP contribution is 2.07. The van der Waals surface area contributed by atoms with Gasteiger partial charge in [-0.15, -0.1) is 5.10 Å². The molecule has 0 amide bonds. The van der Waals surface area contributed by atoms with Gasteiger partial charge in [0.25, 0.3) is 4.84 Å². The van der Waals surface area contributed by atoms with E-state index in [0.717, 1.165) is 11.5 Å². The molecule has 0 aliphatic carbocycles. The zero-order valence-corrected chi connectivity index (χ0v) is 7.22. The SMILES string of the molecule is CCSCc1n[nH]c(=S)o1. The van der Waals surface area contributed by atoms with Crippen LogP contribution in [-0.2, 0) is 5.75 Å². The van der Waals surface area contributed by atoms with Crippen LogP contribution >= 0.6 is 24.0 Å². The number of H-pyrrole nitrogens is 1. The number of hydrogen-bond donors (Lipinski definition) is 1. The highest BCUT2D eigenvalue weighted by Gasteiger charge is 1.96. The van der Waals surface area contributed by atoms with Crippen molar-refractivity contribution < 1.29 is 4.42 Å². The zero-order valence-electron chi connectivity index (χ0n) is 5.59. The van der Waals surface area contributed by atoms with Crippen LogP contribution in [0.25, 0.3) is 0 Å². The van der Waals surface area contributed by atoms with Gasteiger partial charge in [-0.3, -0.25) is 0 Å². The van der Waals surface area contributed by atoms with Crippen LogP contribution in [0.15, 0.2) is 4.42 Å². The van der Waals surface area contributed by atoms with E-state index in [4.69, 9.17) is 4.42 Å². The first-order valence-electron chi connectivity index (χ1n) is 2.95. The van der Waals surface area contributed by atoms with Crippen LogP contribution in [-0.4, -0.2) is 16.0 Å². The Morgan fingerprint density at radius 2 is 2.60 bits per heavy atom. The highest BCUT2D eigenvalue weighted by molar-refractivity contribution is 7.98. The fourth-order valence-electron chi connectivity index (χ4n) is 0.512. The monoisotopic (exact) mass is 176 g/mol. The van der Waals surface area contributed by atoms with Gasteiger partial charge in [-0.05, 0) is 18.0 Å². The topological polar surface area (TPSA) is 41.8 Å².